The van der Waals surface area contributed by atoms with Crippen LogP contribution in [0.3, 0.4) is 0 Å². The first-order valence-corrected chi connectivity index (χ1v) is 11.0. The summed E-state index contributed by atoms with van der Waals surface area (Å²) in [4.78, 5) is 12.3. The minimum absolute atomic E-state index is 0.102. The molecule has 158 valence electrons. The van der Waals surface area contributed by atoms with Gasteiger partial charge in [0.05, 0.1) is 12.9 Å². The van der Waals surface area contributed by atoms with Crippen LogP contribution in [0.2, 0.25) is 5.02 Å². The molecule has 8 heteroatoms. The fourth-order valence-corrected chi connectivity index (χ4v) is 3.88. The molecule has 1 aromatic heterocycles. The Hall–Kier alpha value is -2.51. The third-order valence-electron chi connectivity index (χ3n) is 4.76. The Bertz CT molecular complexity index is 1000. The van der Waals surface area contributed by atoms with E-state index in [2.05, 4.69) is 27.6 Å². The molecule has 0 saturated heterocycles. The zero-order chi connectivity index (χ0) is 21.5. The molecule has 0 fully saturated rings. The largest absolute Gasteiger partial charge is 0.497 e. The number of carbonyl (C=O) groups excluding carboxylic acids is 1. The lowest BCUT2D eigenvalue weighted by molar-refractivity contribution is -0.113. The van der Waals surface area contributed by atoms with Crippen molar-refractivity contribution in [2.24, 2.45) is 7.05 Å². The number of aromatic nitrogens is 3. The molecule has 0 bridgehead atoms. The highest BCUT2D eigenvalue weighted by Gasteiger charge is 2.12. The number of thioether (sulfide) groups is 1. The molecular formula is C22H25ClN4O2S. The summed E-state index contributed by atoms with van der Waals surface area (Å²) >= 11 is 7.38. The lowest BCUT2D eigenvalue weighted by Crippen LogP contribution is -2.15. The van der Waals surface area contributed by atoms with Crippen LogP contribution >= 0.6 is 23.4 Å². The van der Waals surface area contributed by atoms with Gasteiger partial charge in [-0.1, -0.05) is 41.6 Å². The quantitative estimate of drug-likeness (QED) is 0.485. The third kappa shape index (κ3) is 6.00. The number of carbonyl (C=O) groups is 1. The van der Waals surface area contributed by atoms with Crippen molar-refractivity contribution in [3.05, 3.63) is 64.4 Å². The molecule has 3 aromatic rings. The van der Waals surface area contributed by atoms with Crippen LogP contribution in [0.5, 0.6) is 5.75 Å². The van der Waals surface area contributed by atoms with E-state index in [1.165, 1.54) is 17.3 Å². The van der Waals surface area contributed by atoms with Gasteiger partial charge in [-0.2, -0.15) is 0 Å². The minimum Gasteiger partial charge on any atom is -0.497 e. The fraction of sp³-hybridized carbons (Fsp3) is 0.318. The van der Waals surface area contributed by atoms with Gasteiger partial charge in [0.15, 0.2) is 5.16 Å². The van der Waals surface area contributed by atoms with Gasteiger partial charge < -0.3 is 14.6 Å². The highest BCUT2D eigenvalue weighted by molar-refractivity contribution is 7.99. The summed E-state index contributed by atoms with van der Waals surface area (Å²) in [5.41, 5.74) is 2.96. The SMILES string of the molecule is COc1ccc(CCCc2nnc(SCC(=O)Nc3cc(Cl)ccc3C)n2C)cc1. The maximum absolute atomic E-state index is 12.3. The average molecular weight is 445 g/mol. The van der Waals surface area contributed by atoms with E-state index in [-0.39, 0.29) is 11.7 Å². The Kier molecular flexibility index (Phi) is 7.76. The number of nitrogens with zero attached hydrogens (tertiary/aromatic N) is 3. The van der Waals surface area contributed by atoms with E-state index in [4.69, 9.17) is 16.3 Å². The number of amides is 1. The van der Waals surface area contributed by atoms with Gasteiger partial charge in [0, 0.05) is 24.2 Å². The molecule has 0 unspecified atom stereocenters. The summed E-state index contributed by atoms with van der Waals surface area (Å²) < 4.78 is 7.14. The average Bonchev–Trinajstić information content (AvgIpc) is 3.09. The molecule has 0 aliphatic carbocycles. The number of hydrogen-bond donors (Lipinski definition) is 1. The summed E-state index contributed by atoms with van der Waals surface area (Å²) in [5.74, 6) is 1.93. The number of hydrogen-bond acceptors (Lipinski definition) is 5. The van der Waals surface area contributed by atoms with Crippen molar-refractivity contribution >= 4 is 35.0 Å². The van der Waals surface area contributed by atoms with Gasteiger partial charge in [-0.05, 0) is 55.2 Å². The van der Waals surface area contributed by atoms with Crippen molar-refractivity contribution in [2.75, 3.05) is 18.2 Å². The second-order valence-corrected chi connectivity index (χ2v) is 8.33. The van der Waals surface area contributed by atoms with Crippen LogP contribution in [0.15, 0.2) is 47.6 Å². The van der Waals surface area contributed by atoms with Crippen LogP contribution in [0.4, 0.5) is 5.69 Å². The van der Waals surface area contributed by atoms with Gasteiger partial charge in [0.2, 0.25) is 5.91 Å². The van der Waals surface area contributed by atoms with Crippen molar-refractivity contribution in [3.8, 4) is 5.75 Å². The Morgan fingerprint density at radius 2 is 1.93 bits per heavy atom. The van der Waals surface area contributed by atoms with Gasteiger partial charge in [0.25, 0.3) is 0 Å². The standard InChI is InChI=1S/C22H25ClN4O2S/c1-15-7-10-17(23)13-19(15)24-21(28)14-30-22-26-25-20(27(22)2)6-4-5-16-8-11-18(29-3)12-9-16/h7-13H,4-6,14H2,1-3H3,(H,24,28). The fourth-order valence-electron chi connectivity index (χ4n) is 2.98. The molecule has 0 radical (unpaired) electrons. The summed E-state index contributed by atoms with van der Waals surface area (Å²) in [5, 5.41) is 12.7. The van der Waals surface area contributed by atoms with Gasteiger partial charge in [-0.25, -0.2) is 0 Å². The summed E-state index contributed by atoms with van der Waals surface area (Å²) in [6.45, 7) is 1.93. The van der Waals surface area contributed by atoms with Crippen LogP contribution in [0.25, 0.3) is 0 Å². The molecule has 1 heterocycles. The van der Waals surface area contributed by atoms with Crippen molar-refractivity contribution in [2.45, 2.75) is 31.3 Å². The lowest BCUT2D eigenvalue weighted by atomic mass is 10.1. The molecule has 0 aliphatic heterocycles. The Morgan fingerprint density at radius 1 is 1.17 bits per heavy atom. The molecule has 0 saturated carbocycles. The molecular weight excluding hydrogens is 420 g/mol. The van der Waals surface area contributed by atoms with Gasteiger partial charge >= 0.3 is 0 Å². The molecule has 6 nitrogen and oxygen atoms in total. The van der Waals surface area contributed by atoms with Crippen molar-refractivity contribution in [1.29, 1.82) is 0 Å². The number of ether oxygens (including phenoxy) is 1. The van der Waals surface area contributed by atoms with Gasteiger partial charge in [-0.3, -0.25) is 4.79 Å². The lowest BCUT2D eigenvalue weighted by Gasteiger charge is -2.08. The second-order valence-electron chi connectivity index (χ2n) is 6.96. The minimum atomic E-state index is -0.102. The first-order valence-electron chi connectivity index (χ1n) is 9.66. The predicted octanol–water partition coefficient (Wildman–Crippen LogP) is 4.69. The molecule has 0 spiro atoms. The molecule has 0 aliphatic rings. The van der Waals surface area contributed by atoms with Crippen LogP contribution in [-0.2, 0) is 24.7 Å². The van der Waals surface area contributed by atoms with Crippen LogP contribution in [0, 0.1) is 6.92 Å². The van der Waals surface area contributed by atoms with Crippen LogP contribution in [0.1, 0.15) is 23.4 Å². The first kappa shape index (κ1) is 22.2. The van der Waals surface area contributed by atoms with E-state index in [9.17, 15) is 4.79 Å². The Balaban J connectivity index is 1.48. The van der Waals surface area contributed by atoms with Gasteiger partial charge in [-0.15, -0.1) is 10.2 Å². The maximum Gasteiger partial charge on any atom is 0.234 e. The van der Waals surface area contributed by atoms with Crippen molar-refractivity contribution in [3.63, 3.8) is 0 Å². The van der Waals surface area contributed by atoms with E-state index in [0.29, 0.717) is 5.02 Å². The summed E-state index contributed by atoms with van der Waals surface area (Å²) in [6, 6.07) is 13.5. The topological polar surface area (TPSA) is 69.0 Å². The summed E-state index contributed by atoms with van der Waals surface area (Å²) in [6.07, 6.45) is 2.75. The zero-order valence-corrected chi connectivity index (χ0v) is 18.9. The third-order valence-corrected chi connectivity index (χ3v) is 6.01. The normalized spacial score (nSPS) is 10.8. The monoisotopic (exact) mass is 444 g/mol. The smallest absolute Gasteiger partial charge is 0.234 e. The number of aryl methyl sites for hydroxylation is 3. The molecule has 0 atom stereocenters. The van der Waals surface area contributed by atoms with E-state index < -0.39 is 0 Å². The zero-order valence-electron chi connectivity index (χ0n) is 17.3. The van der Waals surface area contributed by atoms with Crippen LogP contribution in [-0.4, -0.2) is 33.5 Å². The molecule has 2 aromatic carbocycles. The number of rotatable bonds is 9. The molecule has 1 amide bonds. The summed E-state index contributed by atoms with van der Waals surface area (Å²) in [7, 11) is 3.60. The molecule has 1 N–H and O–H groups in total. The number of benzene rings is 2. The van der Waals surface area contributed by atoms with Crippen molar-refractivity contribution < 1.29 is 9.53 Å². The van der Waals surface area contributed by atoms with E-state index >= 15 is 0 Å². The predicted molar refractivity (Wildman–Crippen MR) is 122 cm³/mol. The molecule has 3 rings (SSSR count). The van der Waals surface area contributed by atoms with E-state index in [1.54, 1.807) is 19.2 Å². The van der Waals surface area contributed by atoms with E-state index in [1.807, 2.05) is 36.7 Å². The van der Waals surface area contributed by atoms with Gasteiger partial charge in [0.1, 0.15) is 11.6 Å². The van der Waals surface area contributed by atoms with Crippen LogP contribution < -0.4 is 10.1 Å². The number of halogens is 1. The highest BCUT2D eigenvalue weighted by atomic mass is 35.5. The second kappa shape index (κ2) is 10.5. The Labute approximate surface area is 186 Å². The number of nitrogens with one attached hydrogen (secondary N) is 1. The maximum atomic E-state index is 12.3. The number of methoxy groups -OCH3 is 1. The van der Waals surface area contributed by atoms with Crippen molar-refractivity contribution in [1.82, 2.24) is 14.8 Å². The number of anilines is 1. The Morgan fingerprint density at radius 3 is 2.67 bits per heavy atom. The molecule has 30 heavy (non-hydrogen) atoms. The highest BCUT2D eigenvalue weighted by Crippen LogP contribution is 2.22. The van der Waals surface area contributed by atoms with E-state index in [0.717, 1.165) is 47.2 Å². The first-order chi connectivity index (χ1) is 14.5.